The predicted molar refractivity (Wildman–Crippen MR) is 78.1 cm³/mol. The summed E-state index contributed by atoms with van der Waals surface area (Å²) in [5, 5.41) is 0.614. The average Bonchev–Trinajstić information content (AvgIpc) is 2.37. The first kappa shape index (κ1) is 13.8. The Morgan fingerprint density at radius 2 is 2.00 bits per heavy atom. The highest BCUT2D eigenvalue weighted by Crippen LogP contribution is 2.20. The van der Waals surface area contributed by atoms with E-state index in [-0.39, 0.29) is 17.2 Å². The van der Waals surface area contributed by atoms with Crippen LogP contribution in [0.4, 0.5) is 4.39 Å². The molecule has 0 spiro atoms. The SMILES string of the molecule is NC(=S)c1ccc(OCc2ccccc2Cl)cc1F. The molecule has 0 aliphatic carbocycles. The Balaban J connectivity index is 2.11. The smallest absolute Gasteiger partial charge is 0.137 e. The number of hydrogen-bond donors (Lipinski definition) is 1. The number of nitrogens with two attached hydrogens (primary N) is 1. The zero-order valence-corrected chi connectivity index (χ0v) is 11.5. The van der Waals surface area contributed by atoms with Gasteiger partial charge in [-0.05, 0) is 18.2 Å². The van der Waals surface area contributed by atoms with Gasteiger partial charge in [0, 0.05) is 22.2 Å². The Hall–Kier alpha value is -1.65. The lowest BCUT2D eigenvalue weighted by Crippen LogP contribution is -2.11. The van der Waals surface area contributed by atoms with E-state index in [4.69, 9.17) is 34.3 Å². The summed E-state index contributed by atoms with van der Waals surface area (Å²) in [6.07, 6.45) is 0. The lowest BCUT2D eigenvalue weighted by molar-refractivity contribution is 0.304. The van der Waals surface area contributed by atoms with Crippen molar-refractivity contribution in [1.82, 2.24) is 0 Å². The molecule has 0 unspecified atom stereocenters. The van der Waals surface area contributed by atoms with Crippen LogP contribution in [0, 0.1) is 5.82 Å². The van der Waals surface area contributed by atoms with Gasteiger partial charge in [0.05, 0.1) is 0 Å². The van der Waals surface area contributed by atoms with Crippen molar-refractivity contribution in [2.24, 2.45) is 5.73 Å². The van der Waals surface area contributed by atoms with Crippen LogP contribution in [-0.2, 0) is 6.61 Å². The molecule has 5 heteroatoms. The summed E-state index contributed by atoms with van der Waals surface area (Å²) in [4.78, 5) is 0.0233. The maximum Gasteiger partial charge on any atom is 0.137 e. The van der Waals surface area contributed by atoms with Gasteiger partial charge in [-0.2, -0.15) is 0 Å². The third-order valence-corrected chi connectivity index (χ3v) is 3.15. The summed E-state index contributed by atoms with van der Waals surface area (Å²) in [5.74, 6) is -0.0958. The molecule has 0 aliphatic heterocycles. The minimum atomic E-state index is -0.496. The van der Waals surface area contributed by atoms with E-state index >= 15 is 0 Å². The van der Waals surface area contributed by atoms with E-state index in [0.717, 1.165) is 5.56 Å². The molecule has 2 aromatic rings. The third-order valence-electron chi connectivity index (χ3n) is 2.56. The molecule has 0 aliphatic rings. The average molecular weight is 296 g/mol. The van der Waals surface area contributed by atoms with Crippen molar-refractivity contribution >= 4 is 28.8 Å². The molecule has 19 heavy (non-hydrogen) atoms. The summed E-state index contributed by atoms with van der Waals surface area (Å²) in [5.41, 5.74) is 6.43. The lowest BCUT2D eigenvalue weighted by Gasteiger charge is -2.09. The molecule has 0 saturated heterocycles. The first-order valence-corrected chi connectivity index (χ1v) is 6.32. The Bertz CT molecular complexity index is 618. The summed E-state index contributed by atoms with van der Waals surface area (Å²) in [7, 11) is 0. The highest BCUT2D eigenvalue weighted by Gasteiger charge is 2.07. The van der Waals surface area contributed by atoms with Crippen molar-refractivity contribution in [3.05, 3.63) is 64.4 Å². The minimum Gasteiger partial charge on any atom is -0.489 e. The van der Waals surface area contributed by atoms with E-state index in [1.807, 2.05) is 18.2 Å². The molecular weight excluding hydrogens is 285 g/mol. The van der Waals surface area contributed by atoms with Crippen molar-refractivity contribution in [2.75, 3.05) is 0 Å². The molecule has 0 fully saturated rings. The van der Waals surface area contributed by atoms with Crippen molar-refractivity contribution < 1.29 is 9.13 Å². The first-order chi connectivity index (χ1) is 9.08. The van der Waals surface area contributed by atoms with Gasteiger partial charge in [-0.1, -0.05) is 42.0 Å². The second kappa shape index (κ2) is 5.99. The van der Waals surface area contributed by atoms with Gasteiger partial charge < -0.3 is 10.5 Å². The van der Waals surface area contributed by atoms with E-state index in [0.29, 0.717) is 10.8 Å². The van der Waals surface area contributed by atoms with Crippen molar-refractivity contribution in [2.45, 2.75) is 6.61 Å². The number of hydrogen-bond acceptors (Lipinski definition) is 2. The number of benzene rings is 2. The van der Waals surface area contributed by atoms with E-state index < -0.39 is 5.82 Å². The van der Waals surface area contributed by atoms with E-state index in [9.17, 15) is 4.39 Å². The lowest BCUT2D eigenvalue weighted by atomic mass is 10.2. The molecule has 0 heterocycles. The van der Waals surface area contributed by atoms with E-state index in [2.05, 4.69) is 0 Å². The van der Waals surface area contributed by atoms with Gasteiger partial charge in [0.15, 0.2) is 0 Å². The highest BCUT2D eigenvalue weighted by atomic mass is 35.5. The van der Waals surface area contributed by atoms with Gasteiger partial charge in [-0.3, -0.25) is 0 Å². The highest BCUT2D eigenvalue weighted by molar-refractivity contribution is 7.80. The second-order valence-corrected chi connectivity index (χ2v) is 4.73. The van der Waals surface area contributed by atoms with Gasteiger partial charge >= 0.3 is 0 Å². The van der Waals surface area contributed by atoms with E-state index in [1.165, 1.54) is 12.1 Å². The van der Waals surface area contributed by atoms with Gasteiger partial charge in [0.1, 0.15) is 23.2 Å². The zero-order chi connectivity index (χ0) is 13.8. The molecule has 0 saturated carbocycles. The normalized spacial score (nSPS) is 10.2. The molecule has 0 radical (unpaired) electrons. The van der Waals surface area contributed by atoms with Gasteiger partial charge in [0.25, 0.3) is 0 Å². The molecule has 0 bridgehead atoms. The van der Waals surface area contributed by atoms with E-state index in [1.54, 1.807) is 12.1 Å². The number of thiocarbonyl (C=S) groups is 1. The third kappa shape index (κ3) is 3.43. The summed E-state index contributed by atoms with van der Waals surface area (Å²) < 4.78 is 19.1. The molecule has 2 nitrogen and oxygen atoms in total. The molecule has 2 rings (SSSR count). The van der Waals surface area contributed by atoms with Crippen LogP contribution in [0.25, 0.3) is 0 Å². The standard InChI is InChI=1S/C14H11ClFNOS/c15-12-4-2-1-3-9(12)8-18-10-5-6-11(14(17)19)13(16)7-10/h1-7H,8H2,(H2,17,19). The summed E-state index contributed by atoms with van der Waals surface area (Å²) >= 11 is 10.7. The van der Waals surface area contributed by atoms with Gasteiger partial charge in [-0.15, -0.1) is 0 Å². The van der Waals surface area contributed by atoms with Crippen molar-refractivity contribution in [1.29, 1.82) is 0 Å². The Morgan fingerprint density at radius 3 is 2.63 bits per heavy atom. The van der Waals surface area contributed by atoms with Gasteiger partial charge in [0.2, 0.25) is 0 Å². The molecule has 0 atom stereocenters. The summed E-state index contributed by atoms with van der Waals surface area (Å²) in [6.45, 7) is 0.269. The Labute approximate surface area is 120 Å². The molecule has 0 amide bonds. The fraction of sp³-hybridized carbons (Fsp3) is 0.0714. The zero-order valence-electron chi connectivity index (χ0n) is 9.90. The predicted octanol–water partition coefficient (Wildman–Crippen LogP) is 3.69. The number of halogens is 2. The largest absolute Gasteiger partial charge is 0.489 e. The topological polar surface area (TPSA) is 35.2 Å². The van der Waals surface area contributed by atoms with Gasteiger partial charge in [-0.25, -0.2) is 4.39 Å². The maximum atomic E-state index is 13.6. The fourth-order valence-corrected chi connectivity index (χ4v) is 1.92. The number of rotatable bonds is 4. The fourth-order valence-electron chi connectivity index (χ4n) is 1.56. The molecule has 98 valence electrons. The maximum absolute atomic E-state index is 13.6. The van der Waals surface area contributed by atoms with Crippen LogP contribution in [0.5, 0.6) is 5.75 Å². The second-order valence-electron chi connectivity index (χ2n) is 3.89. The summed E-state index contributed by atoms with van der Waals surface area (Å²) in [6, 6.07) is 11.7. The minimum absolute atomic E-state index is 0.0233. The first-order valence-electron chi connectivity index (χ1n) is 5.53. The Kier molecular flexibility index (Phi) is 4.35. The quantitative estimate of drug-likeness (QED) is 0.874. The van der Waals surface area contributed by atoms with Crippen molar-refractivity contribution in [3.63, 3.8) is 0 Å². The Morgan fingerprint density at radius 1 is 1.26 bits per heavy atom. The van der Waals surface area contributed by atoms with Crippen LogP contribution in [0.3, 0.4) is 0 Å². The molecular formula is C14H11ClFNOS. The van der Waals surface area contributed by atoms with Crippen LogP contribution in [0.1, 0.15) is 11.1 Å². The number of ether oxygens (including phenoxy) is 1. The van der Waals surface area contributed by atoms with Crippen LogP contribution in [0.2, 0.25) is 5.02 Å². The van der Waals surface area contributed by atoms with Crippen LogP contribution >= 0.6 is 23.8 Å². The molecule has 2 N–H and O–H groups in total. The van der Waals surface area contributed by atoms with Crippen LogP contribution < -0.4 is 10.5 Å². The molecule has 0 aromatic heterocycles. The van der Waals surface area contributed by atoms with Crippen LogP contribution in [-0.4, -0.2) is 4.99 Å². The van der Waals surface area contributed by atoms with Crippen LogP contribution in [0.15, 0.2) is 42.5 Å². The monoisotopic (exact) mass is 295 g/mol. The van der Waals surface area contributed by atoms with Crippen molar-refractivity contribution in [3.8, 4) is 5.75 Å². The molecule has 2 aromatic carbocycles.